The monoisotopic (exact) mass is 293 g/mol. The molecule has 0 saturated carbocycles. The number of carbonyl (C=O) groups is 1. The molecule has 6 heteroatoms. The number of hydrogen-bond donors (Lipinski definition) is 1. The second kappa shape index (κ2) is 5.77. The molecule has 2 fully saturated rings. The second-order valence-electron chi connectivity index (χ2n) is 6.10. The Kier molecular flexibility index (Phi) is 3.99. The zero-order valence-corrected chi connectivity index (χ0v) is 12.9. The average molecular weight is 293 g/mol. The number of aryl methyl sites for hydroxylation is 2. The van der Waals surface area contributed by atoms with Crippen LogP contribution in [0, 0.1) is 19.8 Å². The molecule has 0 bridgehead atoms. The van der Waals surface area contributed by atoms with Gasteiger partial charge in [-0.1, -0.05) is 5.16 Å². The first kappa shape index (κ1) is 14.5. The van der Waals surface area contributed by atoms with Crippen molar-refractivity contribution in [3.8, 4) is 0 Å². The number of nitrogens with zero attached hydrogens (tertiary/aromatic N) is 2. The Balaban J connectivity index is 1.61. The molecule has 0 spiro atoms. The van der Waals surface area contributed by atoms with E-state index in [-0.39, 0.29) is 18.1 Å². The Morgan fingerprint density at radius 1 is 1.48 bits per heavy atom. The molecule has 3 atom stereocenters. The molecule has 0 aliphatic carbocycles. The lowest BCUT2D eigenvalue weighted by Gasteiger charge is -2.33. The summed E-state index contributed by atoms with van der Waals surface area (Å²) in [6, 6.07) is 0. The third kappa shape index (κ3) is 2.82. The van der Waals surface area contributed by atoms with Crippen molar-refractivity contribution in [3.05, 3.63) is 17.0 Å². The topological polar surface area (TPSA) is 67.6 Å². The van der Waals surface area contributed by atoms with E-state index in [1.807, 2.05) is 13.8 Å². The van der Waals surface area contributed by atoms with Crippen molar-refractivity contribution in [2.45, 2.75) is 45.4 Å². The number of likely N-dealkylation sites (N-methyl/N-ethyl adjacent to an activating group) is 1. The maximum atomic E-state index is 11.7. The zero-order chi connectivity index (χ0) is 15.0. The van der Waals surface area contributed by atoms with Gasteiger partial charge >= 0.3 is 0 Å². The van der Waals surface area contributed by atoms with Crippen LogP contribution in [0.1, 0.15) is 29.9 Å². The third-order valence-electron chi connectivity index (χ3n) is 4.74. The summed E-state index contributed by atoms with van der Waals surface area (Å²) in [5.74, 6) is 1.40. The summed E-state index contributed by atoms with van der Waals surface area (Å²) in [5.41, 5.74) is 2.14. The van der Waals surface area contributed by atoms with E-state index in [9.17, 15) is 4.79 Å². The Morgan fingerprint density at radius 2 is 2.29 bits per heavy atom. The molecule has 2 aliphatic heterocycles. The normalized spacial score (nSPS) is 29.4. The molecule has 0 unspecified atom stereocenters. The molecular weight excluding hydrogens is 270 g/mol. The van der Waals surface area contributed by atoms with Gasteiger partial charge in [0.25, 0.3) is 0 Å². The summed E-state index contributed by atoms with van der Waals surface area (Å²) in [4.78, 5) is 14.1. The van der Waals surface area contributed by atoms with Gasteiger partial charge in [0.1, 0.15) is 11.9 Å². The minimum Gasteiger partial charge on any atom is -0.364 e. The number of aromatic nitrogens is 1. The Hall–Kier alpha value is -1.40. The molecule has 3 rings (SSSR count). The lowest BCUT2D eigenvalue weighted by molar-refractivity contribution is -0.132. The lowest BCUT2D eigenvalue weighted by Crippen LogP contribution is -2.42. The maximum absolute atomic E-state index is 11.7. The zero-order valence-electron chi connectivity index (χ0n) is 12.9. The van der Waals surface area contributed by atoms with Crippen LogP contribution in [-0.2, 0) is 16.1 Å². The van der Waals surface area contributed by atoms with Crippen LogP contribution in [0.3, 0.4) is 0 Å². The SMILES string of the molecule is CNC(=O)[C@@H]1C[C@H]2CCN(Cc3c(C)noc3C)C[C@H]2O1. The predicted octanol–water partition coefficient (Wildman–Crippen LogP) is 1.02. The van der Waals surface area contributed by atoms with Crippen LogP contribution in [0.25, 0.3) is 0 Å². The summed E-state index contributed by atoms with van der Waals surface area (Å²) in [6.07, 6.45) is 1.83. The largest absolute Gasteiger partial charge is 0.364 e. The highest BCUT2D eigenvalue weighted by molar-refractivity contribution is 5.80. The van der Waals surface area contributed by atoms with E-state index in [4.69, 9.17) is 9.26 Å². The molecule has 1 amide bonds. The van der Waals surface area contributed by atoms with Crippen LogP contribution in [0.15, 0.2) is 4.52 Å². The van der Waals surface area contributed by atoms with Crippen molar-refractivity contribution in [2.24, 2.45) is 5.92 Å². The van der Waals surface area contributed by atoms with E-state index in [2.05, 4.69) is 15.4 Å². The molecule has 2 aliphatic rings. The summed E-state index contributed by atoms with van der Waals surface area (Å²) in [7, 11) is 1.66. The van der Waals surface area contributed by atoms with Crippen LogP contribution in [0.2, 0.25) is 0 Å². The molecule has 21 heavy (non-hydrogen) atoms. The van der Waals surface area contributed by atoms with Crippen molar-refractivity contribution in [1.82, 2.24) is 15.4 Å². The van der Waals surface area contributed by atoms with E-state index in [0.717, 1.165) is 43.9 Å². The highest BCUT2D eigenvalue weighted by Crippen LogP contribution is 2.34. The maximum Gasteiger partial charge on any atom is 0.248 e. The van der Waals surface area contributed by atoms with Crippen LogP contribution in [0.5, 0.6) is 0 Å². The van der Waals surface area contributed by atoms with Gasteiger partial charge in [0.15, 0.2) is 0 Å². The van der Waals surface area contributed by atoms with E-state index < -0.39 is 0 Å². The van der Waals surface area contributed by atoms with Gasteiger partial charge in [-0.25, -0.2) is 0 Å². The van der Waals surface area contributed by atoms with Crippen molar-refractivity contribution < 1.29 is 14.1 Å². The molecule has 1 N–H and O–H groups in total. The molecule has 1 aromatic heterocycles. The molecule has 116 valence electrons. The summed E-state index contributed by atoms with van der Waals surface area (Å²) in [6.45, 7) is 6.69. The van der Waals surface area contributed by atoms with Gasteiger partial charge in [0.05, 0.1) is 11.8 Å². The first-order valence-electron chi connectivity index (χ1n) is 7.59. The minimum atomic E-state index is -0.274. The van der Waals surface area contributed by atoms with Gasteiger partial charge in [-0.2, -0.15) is 0 Å². The number of likely N-dealkylation sites (tertiary alicyclic amines) is 1. The van der Waals surface area contributed by atoms with Gasteiger partial charge in [0, 0.05) is 25.7 Å². The first-order chi connectivity index (χ1) is 10.1. The third-order valence-corrected chi connectivity index (χ3v) is 4.74. The summed E-state index contributed by atoms with van der Waals surface area (Å²) < 4.78 is 11.2. The molecule has 3 heterocycles. The number of fused-ring (bicyclic) bond motifs is 1. The van der Waals surface area contributed by atoms with E-state index in [1.54, 1.807) is 7.05 Å². The smallest absolute Gasteiger partial charge is 0.248 e. The van der Waals surface area contributed by atoms with Crippen LogP contribution >= 0.6 is 0 Å². The molecule has 6 nitrogen and oxygen atoms in total. The van der Waals surface area contributed by atoms with Crippen molar-refractivity contribution in [3.63, 3.8) is 0 Å². The predicted molar refractivity (Wildman–Crippen MR) is 76.7 cm³/mol. The number of nitrogens with one attached hydrogen (secondary N) is 1. The van der Waals surface area contributed by atoms with Gasteiger partial charge in [-0.05, 0) is 39.2 Å². The molecular formula is C15H23N3O3. The number of ether oxygens (including phenoxy) is 1. The molecule has 1 aromatic rings. The number of amides is 1. The van der Waals surface area contributed by atoms with Gasteiger partial charge < -0.3 is 14.6 Å². The highest BCUT2D eigenvalue weighted by Gasteiger charge is 2.41. The van der Waals surface area contributed by atoms with Gasteiger partial charge in [-0.3, -0.25) is 9.69 Å². The fraction of sp³-hybridized carbons (Fsp3) is 0.733. The summed E-state index contributed by atoms with van der Waals surface area (Å²) >= 11 is 0. The van der Waals surface area contributed by atoms with E-state index in [1.165, 1.54) is 5.56 Å². The number of hydrogen-bond acceptors (Lipinski definition) is 5. The van der Waals surface area contributed by atoms with Crippen LogP contribution < -0.4 is 5.32 Å². The molecule has 2 saturated heterocycles. The Bertz CT molecular complexity index is 509. The van der Waals surface area contributed by atoms with Crippen LogP contribution in [0.4, 0.5) is 0 Å². The minimum absolute atomic E-state index is 0.00155. The molecule has 0 aromatic carbocycles. The fourth-order valence-corrected chi connectivity index (χ4v) is 3.42. The Labute approximate surface area is 124 Å². The van der Waals surface area contributed by atoms with Crippen molar-refractivity contribution in [1.29, 1.82) is 0 Å². The highest BCUT2D eigenvalue weighted by atomic mass is 16.5. The van der Waals surface area contributed by atoms with Gasteiger partial charge in [-0.15, -0.1) is 0 Å². The Morgan fingerprint density at radius 3 is 2.95 bits per heavy atom. The van der Waals surface area contributed by atoms with E-state index >= 15 is 0 Å². The number of piperidine rings is 1. The second-order valence-corrected chi connectivity index (χ2v) is 6.10. The van der Waals surface area contributed by atoms with Crippen LogP contribution in [-0.4, -0.2) is 48.3 Å². The van der Waals surface area contributed by atoms with Crippen molar-refractivity contribution in [2.75, 3.05) is 20.1 Å². The fourth-order valence-electron chi connectivity index (χ4n) is 3.42. The van der Waals surface area contributed by atoms with Crippen molar-refractivity contribution >= 4 is 5.91 Å². The number of rotatable bonds is 3. The lowest BCUT2D eigenvalue weighted by atomic mass is 9.91. The molecule has 0 radical (unpaired) electrons. The quantitative estimate of drug-likeness (QED) is 0.901. The first-order valence-corrected chi connectivity index (χ1v) is 7.59. The standard InChI is InChI=1S/C15H23N3O3/c1-9-12(10(2)21-17-9)7-18-5-4-11-6-13(15(19)16-3)20-14(11)8-18/h11,13-14H,4-8H2,1-3H3,(H,16,19)/t11-,13+,14-/m1/s1. The summed E-state index contributed by atoms with van der Waals surface area (Å²) in [5, 5.41) is 6.69. The number of carbonyl (C=O) groups excluding carboxylic acids is 1. The average Bonchev–Trinajstić information content (AvgIpc) is 3.04. The van der Waals surface area contributed by atoms with Gasteiger partial charge in [0.2, 0.25) is 5.91 Å². The van der Waals surface area contributed by atoms with E-state index in [0.29, 0.717) is 5.92 Å².